The van der Waals surface area contributed by atoms with Gasteiger partial charge in [-0.3, -0.25) is 4.79 Å². The molecule has 2 aromatic carbocycles. The molecule has 1 amide bonds. The lowest BCUT2D eigenvalue weighted by atomic mass is 9.71. The molecule has 0 unspecified atom stereocenters. The summed E-state index contributed by atoms with van der Waals surface area (Å²) in [5.41, 5.74) is 1.48. The number of benzene rings is 2. The van der Waals surface area contributed by atoms with E-state index in [9.17, 15) is 4.79 Å². The van der Waals surface area contributed by atoms with E-state index in [0.29, 0.717) is 17.1 Å². The third-order valence-corrected chi connectivity index (χ3v) is 4.84. The molecule has 4 nitrogen and oxygen atoms in total. The number of methoxy groups -OCH3 is 1. The molecule has 1 aromatic heterocycles. The highest BCUT2D eigenvalue weighted by Crippen LogP contribution is 2.41. The molecule has 4 rings (SSSR count). The van der Waals surface area contributed by atoms with Crippen LogP contribution in [0, 0.1) is 0 Å². The largest absolute Gasteiger partial charge is 0.493 e. The highest BCUT2D eigenvalue weighted by Gasteiger charge is 2.40. The fourth-order valence-corrected chi connectivity index (χ4v) is 3.36. The Kier molecular flexibility index (Phi) is 3.53. The number of ether oxygens (including phenoxy) is 1. The molecule has 1 N–H and O–H groups in total. The molecule has 1 aliphatic rings. The molecule has 1 fully saturated rings. The van der Waals surface area contributed by atoms with Crippen LogP contribution >= 0.6 is 0 Å². The van der Waals surface area contributed by atoms with E-state index in [1.54, 1.807) is 13.2 Å². The zero-order chi connectivity index (χ0) is 16.6. The standard InChI is InChI=1S/C20H19NO3/c1-23-16-10-5-7-14-13-17(24-18(14)16)19(22)21-20(11-6-12-20)15-8-3-2-4-9-15/h2-5,7-10,13H,6,11-12H2,1H3,(H,21,22). The first-order chi connectivity index (χ1) is 11.7. The van der Waals surface area contributed by atoms with E-state index in [0.717, 1.165) is 30.2 Å². The molecule has 0 aliphatic heterocycles. The van der Waals surface area contributed by atoms with Gasteiger partial charge in [-0.05, 0) is 37.0 Å². The average molecular weight is 321 g/mol. The van der Waals surface area contributed by atoms with Crippen molar-refractivity contribution >= 4 is 16.9 Å². The summed E-state index contributed by atoms with van der Waals surface area (Å²) in [7, 11) is 1.59. The van der Waals surface area contributed by atoms with Gasteiger partial charge in [0.25, 0.3) is 5.91 Å². The molecular weight excluding hydrogens is 302 g/mol. The number of furan rings is 1. The van der Waals surface area contributed by atoms with Gasteiger partial charge in [0.1, 0.15) is 0 Å². The van der Waals surface area contributed by atoms with Gasteiger partial charge in [0.05, 0.1) is 12.6 Å². The summed E-state index contributed by atoms with van der Waals surface area (Å²) < 4.78 is 11.1. The van der Waals surface area contributed by atoms with E-state index in [1.807, 2.05) is 36.4 Å². The van der Waals surface area contributed by atoms with Crippen LogP contribution in [0.3, 0.4) is 0 Å². The SMILES string of the molecule is COc1cccc2cc(C(=O)NC3(c4ccccc4)CCC3)oc12. The quantitative estimate of drug-likeness (QED) is 0.781. The van der Waals surface area contributed by atoms with Crippen molar-refractivity contribution in [2.24, 2.45) is 0 Å². The van der Waals surface area contributed by atoms with Gasteiger partial charge in [0.15, 0.2) is 17.1 Å². The van der Waals surface area contributed by atoms with Gasteiger partial charge >= 0.3 is 0 Å². The zero-order valence-corrected chi connectivity index (χ0v) is 13.5. The number of hydrogen-bond donors (Lipinski definition) is 1. The third-order valence-electron chi connectivity index (χ3n) is 4.84. The Labute approximate surface area is 140 Å². The van der Waals surface area contributed by atoms with Gasteiger partial charge in [-0.1, -0.05) is 42.5 Å². The monoisotopic (exact) mass is 321 g/mol. The Morgan fingerprint density at radius 1 is 1.12 bits per heavy atom. The van der Waals surface area contributed by atoms with Gasteiger partial charge < -0.3 is 14.5 Å². The first-order valence-corrected chi connectivity index (χ1v) is 8.16. The van der Waals surface area contributed by atoms with Crippen molar-refractivity contribution in [2.75, 3.05) is 7.11 Å². The zero-order valence-electron chi connectivity index (χ0n) is 13.5. The van der Waals surface area contributed by atoms with Crippen molar-refractivity contribution in [2.45, 2.75) is 24.8 Å². The number of carbonyl (C=O) groups is 1. The third kappa shape index (κ3) is 2.35. The van der Waals surface area contributed by atoms with Crippen LogP contribution in [0.5, 0.6) is 5.75 Å². The first-order valence-electron chi connectivity index (χ1n) is 8.16. The molecule has 4 heteroatoms. The number of hydrogen-bond acceptors (Lipinski definition) is 3. The Hall–Kier alpha value is -2.75. The maximum atomic E-state index is 12.7. The van der Waals surface area contributed by atoms with E-state index in [4.69, 9.17) is 9.15 Å². The van der Waals surface area contributed by atoms with Gasteiger partial charge in [-0.15, -0.1) is 0 Å². The number of amides is 1. The Balaban J connectivity index is 1.64. The fraction of sp³-hybridized carbons (Fsp3) is 0.250. The molecule has 0 spiro atoms. The molecule has 1 saturated carbocycles. The van der Waals surface area contributed by atoms with Gasteiger partial charge in [0.2, 0.25) is 0 Å². The summed E-state index contributed by atoms with van der Waals surface area (Å²) in [6, 6.07) is 17.5. The average Bonchev–Trinajstić information content (AvgIpc) is 3.03. The molecule has 1 aliphatic carbocycles. The smallest absolute Gasteiger partial charge is 0.287 e. The normalized spacial score (nSPS) is 15.7. The number of carbonyl (C=O) groups excluding carboxylic acids is 1. The van der Waals surface area contributed by atoms with Crippen molar-refractivity contribution in [1.29, 1.82) is 0 Å². The van der Waals surface area contributed by atoms with Crippen molar-refractivity contribution < 1.29 is 13.9 Å². The molecular formula is C20H19NO3. The molecule has 0 atom stereocenters. The van der Waals surface area contributed by atoms with Crippen molar-refractivity contribution in [3.8, 4) is 5.75 Å². The van der Waals surface area contributed by atoms with Crippen molar-refractivity contribution in [3.63, 3.8) is 0 Å². The predicted octanol–water partition coefficient (Wildman–Crippen LogP) is 4.25. The fourth-order valence-electron chi connectivity index (χ4n) is 3.36. The van der Waals surface area contributed by atoms with E-state index < -0.39 is 0 Å². The minimum Gasteiger partial charge on any atom is -0.493 e. The highest BCUT2D eigenvalue weighted by molar-refractivity contribution is 5.97. The summed E-state index contributed by atoms with van der Waals surface area (Å²) in [6.45, 7) is 0. The molecule has 0 radical (unpaired) electrons. The Morgan fingerprint density at radius 3 is 2.58 bits per heavy atom. The summed E-state index contributed by atoms with van der Waals surface area (Å²) in [4.78, 5) is 12.7. The second-order valence-corrected chi connectivity index (χ2v) is 6.25. The number of nitrogens with one attached hydrogen (secondary N) is 1. The summed E-state index contributed by atoms with van der Waals surface area (Å²) in [5.74, 6) is 0.765. The number of para-hydroxylation sites is 1. The second kappa shape index (κ2) is 5.71. The maximum Gasteiger partial charge on any atom is 0.287 e. The summed E-state index contributed by atoms with van der Waals surface area (Å²) in [6.07, 6.45) is 3.02. The molecule has 122 valence electrons. The van der Waals surface area contributed by atoms with E-state index >= 15 is 0 Å². The molecule has 1 heterocycles. The molecule has 0 bridgehead atoms. The van der Waals surface area contributed by atoms with Crippen LogP contribution in [-0.2, 0) is 5.54 Å². The molecule has 0 saturated heterocycles. The maximum absolute atomic E-state index is 12.7. The summed E-state index contributed by atoms with van der Waals surface area (Å²) >= 11 is 0. The van der Waals surface area contributed by atoms with Crippen LogP contribution in [0.15, 0.2) is 59.0 Å². The summed E-state index contributed by atoms with van der Waals surface area (Å²) in [5, 5.41) is 4.05. The van der Waals surface area contributed by atoms with Crippen LogP contribution in [0.2, 0.25) is 0 Å². The van der Waals surface area contributed by atoms with E-state index in [1.165, 1.54) is 0 Å². The van der Waals surface area contributed by atoms with E-state index in [2.05, 4.69) is 17.4 Å². The van der Waals surface area contributed by atoms with Gasteiger partial charge in [-0.2, -0.15) is 0 Å². The first kappa shape index (κ1) is 14.8. The lowest BCUT2D eigenvalue weighted by Gasteiger charge is -2.42. The van der Waals surface area contributed by atoms with Crippen LogP contribution in [0.1, 0.15) is 35.4 Å². The van der Waals surface area contributed by atoms with Crippen LogP contribution in [0.25, 0.3) is 11.0 Å². The van der Waals surface area contributed by atoms with Crippen LogP contribution in [0.4, 0.5) is 0 Å². The lowest BCUT2D eigenvalue weighted by molar-refractivity contribution is 0.0796. The van der Waals surface area contributed by atoms with Crippen molar-refractivity contribution in [1.82, 2.24) is 5.32 Å². The Morgan fingerprint density at radius 2 is 1.92 bits per heavy atom. The topological polar surface area (TPSA) is 51.5 Å². The van der Waals surface area contributed by atoms with Crippen LogP contribution in [-0.4, -0.2) is 13.0 Å². The second-order valence-electron chi connectivity index (χ2n) is 6.25. The molecule has 24 heavy (non-hydrogen) atoms. The Bertz CT molecular complexity index is 878. The highest BCUT2D eigenvalue weighted by atomic mass is 16.5. The van der Waals surface area contributed by atoms with Crippen LogP contribution < -0.4 is 10.1 Å². The van der Waals surface area contributed by atoms with Crippen molar-refractivity contribution in [3.05, 3.63) is 65.9 Å². The van der Waals surface area contributed by atoms with Gasteiger partial charge in [-0.25, -0.2) is 0 Å². The predicted molar refractivity (Wildman–Crippen MR) is 92.2 cm³/mol. The minimum atomic E-state index is -0.276. The number of rotatable bonds is 4. The minimum absolute atomic E-state index is 0.184. The van der Waals surface area contributed by atoms with Gasteiger partial charge in [0, 0.05) is 5.39 Å². The molecule has 3 aromatic rings. The lowest BCUT2D eigenvalue weighted by Crippen LogP contribution is -2.50. The number of fused-ring (bicyclic) bond motifs is 1. The van der Waals surface area contributed by atoms with E-state index in [-0.39, 0.29) is 11.4 Å².